The van der Waals surface area contributed by atoms with E-state index in [0.717, 1.165) is 29.8 Å². The quantitative estimate of drug-likeness (QED) is 0.594. The van der Waals surface area contributed by atoms with Gasteiger partial charge in [0.25, 0.3) is 0 Å². The number of nitrogens with zero attached hydrogens (tertiary/aromatic N) is 2. The summed E-state index contributed by atoms with van der Waals surface area (Å²) in [4.78, 5) is 4.30. The first kappa shape index (κ1) is 17.8. The molecule has 1 aromatic heterocycles. The van der Waals surface area contributed by atoms with Crippen molar-refractivity contribution < 1.29 is 4.52 Å². The van der Waals surface area contributed by atoms with Crippen molar-refractivity contribution in [3.05, 3.63) is 17.5 Å². The second-order valence-electron chi connectivity index (χ2n) is 6.69. The predicted molar refractivity (Wildman–Crippen MR) is 94.5 cm³/mol. The first-order chi connectivity index (χ1) is 11.2. The van der Waals surface area contributed by atoms with Crippen molar-refractivity contribution >= 4 is 5.96 Å². The summed E-state index contributed by atoms with van der Waals surface area (Å²) < 4.78 is 5.29. The predicted octanol–water partition coefficient (Wildman–Crippen LogP) is 3.65. The van der Waals surface area contributed by atoms with Gasteiger partial charge in [0.1, 0.15) is 0 Å². The highest BCUT2D eigenvalue weighted by Gasteiger charge is 2.15. The molecule has 130 valence electrons. The largest absolute Gasteiger partial charge is 0.359 e. The average Bonchev–Trinajstić information content (AvgIpc) is 3.05. The van der Waals surface area contributed by atoms with Crippen LogP contribution in [0.25, 0.3) is 0 Å². The molecule has 0 aromatic carbocycles. The molecule has 1 fully saturated rings. The molecular weight excluding hydrogens is 288 g/mol. The molecule has 5 heteroatoms. The first-order valence-electron chi connectivity index (χ1n) is 9.13. The van der Waals surface area contributed by atoms with E-state index in [4.69, 9.17) is 4.52 Å². The summed E-state index contributed by atoms with van der Waals surface area (Å²) in [5.41, 5.74) is 0.991. The normalized spacial score (nSPS) is 18.0. The number of hydrogen-bond acceptors (Lipinski definition) is 3. The van der Waals surface area contributed by atoms with Gasteiger partial charge < -0.3 is 15.2 Å². The third-order valence-corrected chi connectivity index (χ3v) is 4.74. The van der Waals surface area contributed by atoms with Crippen LogP contribution in [-0.4, -0.2) is 24.2 Å². The van der Waals surface area contributed by atoms with Crippen molar-refractivity contribution in [3.8, 4) is 0 Å². The summed E-state index contributed by atoms with van der Waals surface area (Å²) in [6, 6.07) is 2.43. The number of guanidine groups is 1. The highest BCUT2D eigenvalue weighted by atomic mass is 16.5. The van der Waals surface area contributed by atoms with E-state index in [1.54, 1.807) is 7.05 Å². The minimum Gasteiger partial charge on any atom is -0.359 e. The van der Waals surface area contributed by atoms with E-state index < -0.39 is 0 Å². The molecule has 1 atom stereocenters. The number of aliphatic imine (C=N–C) groups is 1. The van der Waals surface area contributed by atoms with Crippen LogP contribution in [0.2, 0.25) is 0 Å². The first-order valence-corrected chi connectivity index (χ1v) is 9.13. The molecule has 0 saturated heterocycles. The molecule has 1 aliphatic rings. The molecule has 0 bridgehead atoms. The maximum absolute atomic E-state index is 5.29. The van der Waals surface area contributed by atoms with Gasteiger partial charge in [-0.2, -0.15) is 0 Å². The van der Waals surface area contributed by atoms with Gasteiger partial charge in [0.05, 0.1) is 12.2 Å². The van der Waals surface area contributed by atoms with Gasteiger partial charge >= 0.3 is 0 Å². The summed E-state index contributed by atoms with van der Waals surface area (Å²) >= 11 is 0. The van der Waals surface area contributed by atoms with Crippen LogP contribution >= 0.6 is 0 Å². The van der Waals surface area contributed by atoms with Crippen molar-refractivity contribution in [1.82, 2.24) is 15.8 Å². The standard InChI is InChI=1S/C18H32N4O/c1-4-16-12-17(23-22-16)13-20-18(19-3)21-14(2)10-11-15-8-6-5-7-9-15/h12,14-15H,4-11,13H2,1-3H3,(H2,19,20,21). The second-order valence-corrected chi connectivity index (χ2v) is 6.69. The van der Waals surface area contributed by atoms with Crippen LogP contribution in [0.3, 0.4) is 0 Å². The Labute approximate surface area is 140 Å². The fraction of sp³-hybridized carbons (Fsp3) is 0.778. The van der Waals surface area contributed by atoms with Crippen LogP contribution in [0.15, 0.2) is 15.6 Å². The molecule has 1 unspecified atom stereocenters. The maximum Gasteiger partial charge on any atom is 0.191 e. The Morgan fingerprint density at radius 3 is 2.83 bits per heavy atom. The Hall–Kier alpha value is -1.52. The fourth-order valence-corrected chi connectivity index (χ4v) is 3.24. The van der Waals surface area contributed by atoms with E-state index in [-0.39, 0.29) is 0 Å². The Kier molecular flexibility index (Phi) is 7.43. The summed E-state index contributed by atoms with van der Waals surface area (Å²) in [7, 11) is 1.81. The number of nitrogens with one attached hydrogen (secondary N) is 2. The number of aryl methyl sites for hydroxylation is 1. The molecule has 2 rings (SSSR count). The molecule has 1 heterocycles. The van der Waals surface area contributed by atoms with Crippen LogP contribution in [0.5, 0.6) is 0 Å². The van der Waals surface area contributed by atoms with Crippen molar-refractivity contribution in [2.24, 2.45) is 10.9 Å². The smallest absolute Gasteiger partial charge is 0.191 e. The van der Waals surface area contributed by atoms with Gasteiger partial charge in [-0.15, -0.1) is 0 Å². The van der Waals surface area contributed by atoms with Gasteiger partial charge in [0.15, 0.2) is 11.7 Å². The Balaban J connectivity index is 1.68. The highest BCUT2D eigenvalue weighted by molar-refractivity contribution is 5.79. The fourth-order valence-electron chi connectivity index (χ4n) is 3.24. The van der Waals surface area contributed by atoms with Gasteiger partial charge in [-0.1, -0.05) is 44.2 Å². The molecular formula is C18H32N4O. The number of aromatic nitrogens is 1. The zero-order valence-corrected chi connectivity index (χ0v) is 14.9. The van der Waals surface area contributed by atoms with Crippen LogP contribution in [0.4, 0.5) is 0 Å². The molecule has 5 nitrogen and oxygen atoms in total. The zero-order chi connectivity index (χ0) is 16.5. The molecule has 0 radical (unpaired) electrons. The molecule has 0 aliphatic heterocycles. The lowest BCUT2D eigenvalue weighted by Crippen LogP contribution is -2.42. The maximum atomic E-state index is 5.29. The second kappa shape index (κ2) is 9.58. The van der Waals surface area contributed by atoms with Gasteiger partial charge in [-0.3, -0.25) is 4.99 Å². The van der Waals surface area contributed by atoms with Crippen LogP contribution in [0, 0.1) is 5.92 Å². The Bertz CT molecular complexity index is 477. The third-order valence-electron chi connectivity index (χ3n) is 4.74. The summed E-state index contributed by atoms with van der Waals surface area (Å²) in [5.74, 6) is 2.61. The van der Waals surface area contributed by atoms with Gasteiger partial charge in [0, 0.05) is 19.2 Å². The zero-order valence-electron chi connectivity index (χ0n) is 14.9. The number of rotatable bonds is 7. The van der Waals surface area contributed by atoms with E-state index in [2.05, 4.69) is 34.6 Å². The van der Waals surface area contributed by atoms with Gasteiger partial charge in [-0.25, -0.2) is 0 Å². The molecule has 0 spiro atoms. The van der Waals surface area contributed by atoms with Gasteiger partial charge in [0.2, 0.25) is 0 Å². The van der Waals surface area contributed by atoms with Crippen LogP contribution in [0.1, 0.15) is 70.2 Å². The van der Waals surface area contributed by atoms with Crippen LogP contribution < -0.4 is 10.6 Å². The third kappa shape index (κ3) is 6.24. The van der Waals surface area contributed by atoms with E-state index in [9.17, 15) is 0 Å². The molecule has 2 N–H and O–H groups in total. The summed E-state index contributed by atoms with van der Waals surface area (Å²) in [6.07, 6.45) is 10.5. The van der Waals surface area contributed by atoms with E-state index in [1.165, 1.54) is 44.9 Å². The van der Waals surface area contributed by atoms with E-state index >= 15 is 0 Å². The van der Waals surface area contributed by atoms with Gasteiger partial charge in [-0.05, 0) is 32.1 Å². The summed E-state index contributed by atoms with van der Waals surface area (Å²) in [5, 5.41) is 10.8. The van der Waals surface area contributed by atoms with E-state index in [0.29, 0.717) is 12.6 Å². The summed E-state index contributed by atoms with van der Waals surface area (Å²) in [6.45, 7) is 4.92. The molecule has 23 heavy (non-hydrogen) atoms. The minimum absolute atomic E-state index is 0.434. The lowest BCUT2D eigenvalue weighted by molar-refractivity contribution is 0.322. The van der Waals surface area contributed by atoms with Crippen LogP contribution in [-0.2, 0) is 13.0 Å². The molecule has 0 amide bonds. The highest BCUT2D eigenvalue weighted by Crippen LogP contribution is 2.27. The van der Waals surface area contributed by atoms with Crippen molar-refractivity contribution in [1.29, 1.82) is 0 Å². The Morgan fingerprint density at radius 1 is 1.39 bits per heavy atom. The minimum atomic E-state index is 0.434. The SMILES string of the molecule is CCc1cc(CNC(=NC)NC(C)CCC2CCCCC2)on1. The Morgan fingerprint density at radius 2 is 2.17 bits per heavy atom. The lowest BCUT2D eigenvalue weighted by Gasteiger charge is -2.24. The number of hydrogen-bond donors (Lipinski definition) is 2. The molecule has 1 aliphatic carbocycles. The van der Waals surface area contributed by atoms with Crippen molar-refractivity contribution in [3.63, 3.8) is 0 Å². The lowest BCUT2D eigenvalue weighted by atomic mass is 9.85. The topological polar surface area (TPSA) is 62.5 Å². The molecule has 1 saturated carbocycles. The van der Waals surface area contributed by atoms with E-state index in [1.807, 2.05) is 6.07 Å². The molecule has 1 aromatic rings. The van der Waals surface area contributed by atoms with Crippen molar-refractivity contribution in [2.75, 3.05) is 7.05 Å². The van der Waals surface area contributed by atoms with Crippen molar-refractivity contribution in [2.45, 2.75) is 77.8 Å². The average molecular weight is 320 g/mol. The monoisotopic (exact) mass is 320 g/mol.